The maximum Gasteiger partial charge on any atom is 1.00 e. The molecule has 5 aliphatic rings. The summed E-state index contributed by atoms with van der Waals surface area (Å²) in [7, 11) is 0. The van der Waals surface area contributed by atoms with E-state index in [-0.39, 0.29) is 65.3 Å². The topological polar surface area (TPSA) is 164 Å². The Hall–Kier alpha value is -0.440. The molecule has 5 aliphatic heterocycles. The molecular weight excluding hydrogens is 703 g/mol. The van der Waals surface area contributed by atoms with E-state index in [0.29, 0.717) is 57.8 Å². The summed E-state index contributed by atoms with van der Waals surface area (Å²) in [4.78, 5) is 26.2. The number of Topliss-reactive ketones (excluding diaryl/α,β-unsaturated/α-hetero) is 1. The van der Waals surface area contributed by atoms with Crippen LogP contribution in [0.1, 0.15) is 133 Å². The average Bonchev–Trinajstić information content (AvgIpc) is 3.47. The standard InChI is InChI=1S/C42H70O11.Na/c1-11-29(38(46)47)31-15-14-23(4)36(50-31)27(8)34(44)26(7)35(45)30(12-2)37-24(5)22-25(6)41(51-37)19-16-32(43)42(53-41)21-20-39(10,52-42)33-17-18-40(48,13-3)28(9)49-33;/h16,19,23-34,36-37,43-44,48H,11-15,17-18,20-22H2,1-10H3,(H,46,47);/q;+1/p-1/t23-,24-,25+,26+,27-,28-,29-,30+,31+,32+,33?,34-,36?,37?,39+,40+,41-,42-;/m0./s1. The number of aliphatic hydroxyl groups is 3. The Morgan fingerprint density at radius 3 is 2.17 bits per heavy atom. The van der Waals surface area contributed by atoms with Gasteiger partial charge in [-0.1, -0.05) is 55.4 Å². The predicted octanol–water partition coefficient (Wildman–Crippen LogP) is 1.86. The fourth-order valence-electron chi connectivity index (χ4n) is 10.5. The molecular formula is C42H69NaO11. The van der Waals surface area contributed by atoms with Gasteiger partial charge in [0.05, 0.1) is 47.8 Å². The number of carboxylic acids is 1. The van der Waals surface area contributed by atoms with E-state index in [4.69, 9.17) is 23.7 Å². The van der Waals surface area contributed by atoms with Crippen LogP contribution >= 0.6 is 0 Å². The summed E-state index contributed by atoms with van der Waals surface area (Å²) in [5, 5.41) is 46.0. The summed E-state index contributed by atoms with van der Waals surface area (Å²) in [6.45, 7) is 19.5. The van der Waals surface area contributed by atoms with Crippen molar-refractivity contribution in [2.24, 2.45) is 41.4 Å². The Kier molecular flexibility index (Phi) is 15.3. The largest absolute Gasteiger partial charge is 1.00 e. The SMILES string of the molecule is CC[C@H](C(=O)[C@H](C)[C@H](O)[C@H](C)C1O[C@@H]([C@H](CC)C(=O)[O-])CC[C@@H]1C)C1O[C@]2(C=C[C@@H](O)[C@]3(CC[C@](C)(C4CC[C@](O)(CC)[C@H](C)O4)O3)O2)[C@H](C)C[C@@H]1C.[Na+]. The minimum atomic E-state index is -1.37. The molecule has 54 heavy (non-hydrogen) atoms. The van der Waals surface area contributed by atoms with Crippen molar-refractivity contribution in [2.75, 3.05) is 0 Å². The van der Waals surface area contributed by atoms with Crippen molar-refractivity contribution in [3.8, 4) is 0 Å². The third kappa shape index (κ3) is 8.63. The molecule has 3 unspecified atom stereocenters. The van der Waals surface area contributed by atoms with E-state index < -0.39 is 82.9 Å². The van der Waals surface area contributed by atoms with Crippen molar-refractivity contribution in [1.82, 2.24) is 0 Å². The van der Waals surface area contributed by atoms with Gasteiger partial charge in [-0.15, -0.1) is 0 Å². The first-order valence-corrected chi connectivity index (χ1v) is 20.7. The molecule has 0 aromatic carbocycles. The normalized spacial score (nSPS) is 45.3. The summed E-state index contributed by atoms with van der Waals surface area (Å²) < 4.78 is 33.4. The van der Waals surface area contributed by atoms with Crippen LogP contribution in [0.25, 0.3) is 0 Å². The number of carbonyl (C=O) groups is 2. The second-order valence-electron chi connectivity index (χ2n) is 17.9. The molecule has 2 spiro atoms. The van der Waals surface area contributed by atoms with Gasteiger partial charge in [-0.25, -0.2) is 0 Å². The summed E-state index contributed by atoms with van der Waals surface area (Å²) in [5.74, 6) is -6.24. The third-order valence-electron chi connectivity index (χ3n) is 14.4. The van der Waals surface area contributed by atoms with Crippen molar-refractivity contribution in [3.05, 3.63) is 12.2 Å². The Morgan fingerprint density at radius 2 is 1.57 bits per heavy atom. The van der Waals surface area contributed by atoms with Crippen LogP contribution in [0.4, 0.5) is 0 Å². The van der Waals surface area contributed by atoms with Gasteiger partial charge < -0.3 is 48.9 Å². The number of carboxylic acid groups (broad SMARTS) is 1. The number of aliphatic carboxylic acids is 1. The zero-order chi connectivity index (χ0) is 39.3. The van der Waals surface area contributed by atoms with Crippen LogP contribution in [0.3, 0.4) is 0 Å². The first-order valence-electron chi connectivity index (χ1n) is 20.7. The molecule has 3 N–H and O–H groups in total. The fourth-order valence-corrected chi connectivity index (χ4v) is 10.5. The zero-order valence-corrected chi connectivity index (χ0v) is 36.9. The fraction of sp³-hybridized carbons (Fsp3) is 0.905. The van der Waals surface area contributed by atoms with Crippen LogP contribution in [-0.4, -0.2) is 92.6 Å². The molecule has 304 valence electrons. The molecule has 4 saturated heterocycles. The van der Waals surface area contributed by atoms with E-state index in [9.17, 15) is 30.0 Å². The molecule has 18 atom stereocenters. The van der Waals surface area contributed by atoms with E-state index in [2.05, 4.69) is 20.8 Å². The van der Waals surface area contributed by atoms with Crippen molar-refractivity contribution >= 4 is 11.8 Å². The molecule has 4 fully saturated rings. The summed E-state index contributed by atoms with van der Waals surface area (Å²) in [5.41, 5.74) is -1.64. The molecule has 5 rings (SSSR count). The first-order chi connectivity index (χ1) is 24.8. The van der Waals surface area contributed by atoms with Gasteiger partial charge in [-0.2, -0.15) is 0 Å². The summed E-state index contributed by atoms with van der Waals surface area (Å²) in [6.07, 6.45) is 5.22. The predicted molar refractivity (Wildman–Crippen MR) is 196 cm³/mol. The Balaban J connectivity index is 0.00000650. The molecule has 0 aromatic rings. The van der Waals surface area contributed by atoms with Gasteiger partial charge in [-0.05, 0) is 95.6 Å². The van der Waals surface area contributed by atoms with Gasteiger partial charge >= 0.3 is 29.6 Å². The van der Waals surface area contributed by atoms with Crippen LogP contribution in [-0.2, 0) is 33.3 Å². The van der Waals surface area contributed by atoms with Gasteiger partial charge in [0.15, 0.2) is 5.79 Å². The molecule has 12 heteroatoms. The van der Waals surface area contributed by atoms with E-state index in [1.54, 1.807) is 19.1 Å². The third-order valence-corrected chi connectivity index (χ3v) is 14.4. The number of ketones is 1. The van der Waals surface area contributed by atoms with E-state index in [1.165, 1.54) is 0 Å². The van der Waals surface area contributed by atoms with Crippen molar-refractivity contribution < 1.29 is 83.3 Å². The monoisotopic (exact) mass is 772 g/mol. The second kappa shape index (κ2) is 17.8. The van der Waals surface area contributed by atoms with Crippen LogP contribution < -0.4 is 34.7 Å². The van der Waals surface area contributed by atoms with Crippen molar-refractivity contribution in [1.29, 1.82) is 0 Å². The molecule has 0 amide bonds. The Labute approximate surface area is 345 Å². The maximum atomic E-state index is 14.4. The number of hydrogen-bond acceptors (Lipinski definition) is 11. The van der Waals surface area contributed by atoms with Gasteiger partial charge in [0.2, 0.25) is 5.79 Å². The van der Waals surface area contributed by atoms with Crippen LogP contribution in [0.15, 0.2) is 12.2 Å². The summed E-state index contributed by atoms with van der Waals surface area (Å²) in [6, 6.07) is 0. The Bertz CT molecular complexity index is 1330. The van der Waals surface area contributed by atoms with Crippen LogP contribution in [0.5, 0.6) is 0 Å². The molecule has 0 radical (unpaired) electrons. The number of carbonyl (C=O) groups excluding carboxylic acids is 2. The van der Waals surface area contributed by atoms with Gasteiger partial charge in [0.1, 0.15) is 11.9 Å². The van der Waals surface area contributed by atoms with Gasteiger partial charge in [0.25, 0.3) is 0 Å². The summed E-state index contributed by atoms with van der Waals surface area (Å²) >= 11 is 0. The molecule has 0 aromatic heterocycles. The maximum absolute atomic E-state index is 14.4. The molecule has 0 bridgehead atoms. The van der Waals surface area contributed by atoms with Crippen molar-refractivity contribution in [3.63, 3.8) is 0 Å². The first kappa shape index (κ1) is 46.3. The number of aliphatic hydroxyl groups excluding tert-OH is 2. The van der Waals surface area contributed by atoms with Gasteiger partial charge in [-0.3, -0.25) is 4.79 Å². The van der Waals surface area contributed by atoms with Crippen LogP contribution in [0.2, 0.25) is 0 Å². The molecule has 0 aliphatic carbocycles. The van der Waals surface area contributed by atoms with Crippen LogP contribution in [0, 0.1) is 41.4 Å². The quantitative estimate of drug-likeness (QED) is 0.196. The molecule has 0 saturated carbocycles. The van der Waals surface area contributed by atoms with E-state index in [0.717, 1.165) is 6.42 Å². The minimum absolute atomic E-state index is 0. The molecule has 11 nitrogen and oxygen atoms in total. The van der Waals surface area contributed by atoms with E-state index >= 15 is 0 Å². The Morgan fingerprint density at radius 1 is 0.907 bits per heavy atom. The second-order valence-corrected chi connectivity index (χ2v) is 17.9. The number of ether oxygens (including phenoxy) is 5. The number of hydrogen-bond donors (Lipinski definition) is 3. The zero-order valence-electron chi connectivity index (χ0n) is 34.9. The average molecular weight is 773 g/mol. The minimum Gasteiger partial charge on any atom is -0.550 e. The van der Waals surface area contributed by atoms with Crippen molar-refractivity contribution in [2.45, 2.75) is 199 Å². The molecule has 5 heterocycles. The number of rotatable bonds is 12. The van der Waals surface area contributed by atoms with Gasteiger partial charge in [0, 0.05) is 42.0 Å². The smallest absolute Gasteiger partial charge is 0.550 e. The van der Waals surface area contributed by atoms with E-state index in [1.807, 2.05) is 41.5 Å².